The number of rotatable bonds is 1. The molecule has 1 aromatic heterocycles. The van der Waals surface area contributed by atoms with Gasteiger partial charge in [-0.15, -0.1) is 11.3 Å². The predicted molar refractivity (Wildman–Crippen MR) is 64.6 cm³/mol. The molecule has 0 bridgehead atoms. The molecule has 2 atom stereocenters. The van der Waals surface area contributed by atoms with E-state index in [-0.39, 0.29) is 17.7 Å². The van der Waals surface area contributed by atoms with Gasteiger partial charge in [0.25, 0.3) is 0 Å². The zero-order chi connectivity index (χ0) is 12.0. The van der Waals surface area contributed by atoms with Gasteiger partial charge in [-0.1, -0.05) is 12.2 Å². The lowest BCUT2D eigenvalue weighted by Gasteiger charge is -2.27. The SMILES string of the molecule is C[C@@]12CC=CC[C@@H]1C(=O)N(c1nccs1)C2=O. The monoisotopic (exact) mass is 248 g/mol. The van der Waals surface area contributed by atoms with Crippen LogP contribution >= 0.6 is 11.3 Å². The first kappa shape index (κ1) is 10.7. The summed E-state index contributed by atoms with van der Waals surface area (Å²) in [5, 5.41) is 2.27. The molecule has 0 aromatic carbocycles. The number of allylic oxidation sites excluding steroid dienone is 2. The van der Waals surface area contributed by atoms with Crippen molar-refractivity contribution in [1.82, 2.24) is 4.98 Å². The molecular formula is C12H12N2O2S. The van der Waals surface area contributed by atoms with Crippen LogP contribution in [-0.2, 0) is 9.59 Å². The quantitative estimate of drug-likeness (QED) is 0.564. The fourth-order valence-corrected chi connectivity index (χ4v) is 3.23. The molecule has 1 fully saturated rings. The molecule has 88 valence electrons. The summed E-state index contributed by atoms with van der Waals surface area (Å²) in [5.41, 5.74) is -0.572. The largest absolute Gasteiger partial charge is 0.274 e. The number of carbonyl (C=O) groups is 2. The average molecular weight is 248 g/mol. The lowest BCUT2D eigenvalue weighted by Crippen LogP contribution is -2.34. The predicted octanol–water partition coefficient (Wildman–Crippen LogP) is 1.99. The van der Waals surface area contributed by atoms with Crippen LogP contribution in [0.15, 0.2) is 23.7 Å². The van der Waals surface area contributed by atoms with E-state index in [0.717, 1.165) is 0 Å². The van der Waals surface area contributed by atoms with Crippen molar-refractivity contribution in [2.24, 2.45) is 11.3 Å². The Hall–Kier alpha value is -1.49. The molecule has 1 aliphatic carbocycles. The summed E-state index contributed by atoms with van der Waals surface area (Å²) in [6.45, 7) is 1.88. The third-order valence-corrected chi connectivity index (χ3v) is 4.43. The highest BCUT2D eigenvalue weighted by Gasteiger charge is 2.57. The van der Waals surface area contributed by atoms with Gasteiger partial charge in [-0.3, -0.25) is 9.59 Å². The van der Waals surface area contributed by atoms with Gasteiger partial charge in [-0.2, -0.15) is 0 Å². The lowest BCUT2D eigenvalue weighted by molar-refractivity contribution is -0.126. The molecule has 3 rings (SSSR count). The summed E-state index contributed by atoms with van der Waals surface area (Å²) in [6, 6.07) is 0. The Morgan fingerprint density at radius 3 is 2.94 bits per heavy atom. The van der Waals surface area contributed by atoms with Gasteiger partial charge < -0.3 is 0 Å². The summed E-state index contributed by atoms with van der Waals surface area (Å²) in [4.78, 5) is 30.0. The third kappa shape index (κ3) is 1.32. The Bertz CT molecular complexity index is 509. The molecule has 0 N–H and O–H groups in total. The highest BCUT2D eigenvalue weighted by molar-refractivity contribution is 7.14. The topological polar surface area (TPSA) is 50.3 Å². The van der Waals surface area contributed by atoms with Crippen molar-refractivity contribution < 1.29 is 9.59 Å². The number of nitrogens with zero attached hydrogens (tertiary/aromatic N) is 2. The summed E-state index contributed by atoms with van der Waals surface area (Å²) in [7, 11) is 0. The minimum Gasteiger partial charge on any atom is -0.274 e. The van der Waals surface area contributed by atoms with Gasteiger partial charge in [-0.05, 0) is 19.8 Å². The third-order valence-electron chi connectivity index (χ3n) is 3.67. The van der Waals surface area contributed by atoms with Crippen LogP contribution in [0.2, 0.25) is 0 Å². The van der Waals surface area contributed by atoms with E-state index in [2.05, 4.69) is 4.98 Å². The molecule has 0 radical (unpaired) electrons. The van der Waals surface area contributed by atoms with E-state index in [1.165, 1.54) is 16.2 Å². The Kier molecular flexibility index (Phi) is 2.19. The Balaban J connectivity index is 2.06. The van der Waals surface area contributed by atoms with E-state index >= 15 is 0 Å². The first-order valence-corrected chi connectivity index (χ1v) is 6.45. The molecule has 0 unspecified atom stereocenters. The number of hydrogen-bond acceptors (Lipinski definition) is 4. The van der Waals surface area contributed by atoms with Crippen LogP contribution in [0.4, 0.5) is 5.13 Å². The molecule has 0 spiro atoms. The first-order chi connectivity index (χ1) is 8.14. The van der Waals surface area contributed by atoms with E-state index in [1.807, 2.05) is 19.1 Å². The van der Waals surface area contributed by atoms with Crippen LogP contribution in [0.25, 0.3) is 0 Å². The van der Waals surface area contributed by atoms with Crippen molar-refractivity contribution >= 4 is 28.3 Å². The van der Waals surface area contributed by atoms with Crippen molar-refractivity contribution in [2.45, 2.75) is 19.8 Å². The van der Waals surface area contributed by atoms with E-state index in [1.54, 1.807) is 11.6 Å². The number of thiazole rings is 1. The van der Waals surface area contributed by atoms with Gasteiger partial charge in [0.05, 0.1) is 11.3 Å². The number of hydrogen-bond donors (Lipinski definition) is 0. The highest BCUT2D eigenvalue weighted by Crippen LogP contribution is 2.47. The molecule has 2 amide bonds. The Labute approximate surface area is 103 Å². The van der Waals surface area contributed by atoms with E-state index in [0.29, 0.717) is 18.0 Å². The summed E-state index contributed by atoms with van der Waals surface area (Å²) >= 11 is 1.32. The highest BCUT2D eigenvalue weighted by atomic mass is 32.1. The number of carbonyl (C=O) groups excluding carboxylic acids is 2. The zero-order valence-electron chi connectivity index (χ0n) is 9.42. The van der Waals surface area contributed by atoms with Gasteiger partial charge in [0.2, 0.25) is 11.8 Å². The molecular weight excluding hydrogens is 236 g/mol. The van der Waals surface area contributed by atoms with Crippen molar-refractivity contribution in [3.05, 3.63) is 23.7 Å². The molecule has 4 nitrogen and oxygen atoms in total. The molecule has 2 heterocycles. The van der Waals surface area contributed by atoms with E-state index in [4.69, 9.17) is 0 Å². The number of amides is 2. The summed E-state index contributed by atoms with van der Waals surface area (Å²) in [5.74, 6) is -0.424. The number of aromatic nitrogens is 1. The fraction of sp³-hybridized carbons (Fsp3) is 0.417. The van der Waals surface area contributed by atoms with Gasteiger partial charge in [0.1, 0.15) is 0 Å². The van der Waals surface area contributed by atoms with Crippen LogP contribution in [0.5, 0.6) is 0 Å². The second kappa shape index (κ2) is 3.50. The fourth-order valence-electron chi connectivity index (χ4n) is 2.59. The van der Waals surface area contributed by atoms with Crippen LogP contribution in [0, 0.1) is 11.3 Å². The second-order valence-corrected chi connectivity index (χ2v) is 5.55. The van der Waals surface area contributed by atoms with Crippen LogP contribution < -0.4 is 4.90 Å². The number of fused-ring (bicyclic) bond motifs is 1. The van der Waals surface area contributed by atoms with Crippen molar-refractivity contribution in [2.75, 3.05) is 4.90 Å². The average Bonchev–Trinajstić information content (AvgIpc) is 2.88. The molecule has 17 heavy (non-hydrogen) atoms. The van der Waals surface area contributed by atoms with E-state index in [9.17, 15) is 9.59 Å². The smallest absolute Gasteiger partial charge is 0.242 e. The van der Waals surface area contributed by atoms with Gasteiger partial charge in [-0.25, -0.2) is 9.88 Å². The maximum atomic E-state index is 12.4. The Morgan fingerprint density at radius 2 is 2.29 bits per heavy atom. The van der Waals surface area contributed by atoms with Gasteiger partial charge in [0, 0.05) is 11.6 Å². The molecule has 1 aromatic rings. The Morgan fingerprint density at radius 1 is 1.47 bits per heavy atom. The van der Waals surface area contributed by atoms with Crippen molar-refractivity contribution in [1.29, 1.82) is 0 Å². The molecule has 0 saturated carbocycles. The van der Waals surface area contributed by atoms with E-state index < -0.39 is 5.41 Å². The van der Waals surface area contributed by atoms with Crippen LogP contribution in [-0.4, -0.2) is 16.8 Å². The number of imide groups is 1. The van der Waals surface area contributed by atoms with Crippen molar-refractivity contribution in [3.63, 3.8) is 0 Å². The number of anilines is 1. The van der Waals surface area contributed by atoms with Crippen molar-refractivity contribution in [3.8, 4) is 0 Å². The minimum atomic E-state index is -0.572. The molecule has 1 aliphatic heterocycles. The molecule has 5 heteroatoms. The lowest BCUT2D eigenvalue weighted by atomic mass is 9.72. The molecule has 2 aliphatic rings. The summed E-state index contributed by atoms with van der Waals surface area (Å²) < 4.78 is 0. The van der Waals surface area contributed by atoms with Gasteiger partial charge >= 0.3 is 0 Å². The van der Waals surface area contributed by atoms with Crippen LogP contribution in [0.3, 0.4) is 0 Å². The minimum absolute atomic E-state index is 0.100. The first-order valence-electron chi connectivity index (χ1n) is 5.57. The standard InChI is InChI=1S/C12H12N2O2S/c1-12-5-3-2-4-8(12)9(15)14(10(12)16)11-13-6-7-17-11/h2-3,6-8H,4-5H2,1H3/t8-,12-/m1/s1. The summed E-state index contributed by atoms with van der Waals surface area (Å²) in [6.07, 6.45) is 6.89. The zero-order valence-corrected chi connectivity index (χ0v) is 10.2. The van der Waals surface area contributed by atoms with Crippen LogP contribution in [0.1, 0.15) is 19.8 Å². The maximum Gasteiger partial charge on any atom is 0.242 e. The normalized spacial score (nSPS) is 32.1. The second-order valence-electron chi connectivity index (χ2n) is 4.67. The molecule has 1 saturated heterocycles. The van der Waals surface area contributed by atoms with Gasteiger partial charge in [0.15, 0.2) is 5.13 Å². The maximum absolute atomic E-state index is 12.4.